The van der Waals surface area contributed by atoms with Gasteiger partial charge < -0.3 is 5.73 Å². The van der Waals surface area contributed by atoms with E-state index in [-0.39, 0.29) is 11.2 Å². The maximum Gasteiger partial charge on any atom is 0.230 e. The lowest BCUT2D eigenvalue weighted by molar-refractivity contribution is -0.117. The summed E-state index contributed by atoms with van der Waals surface area (Å²) in [5, 5.41) is 0.532. The molecule has 14 heavy (non-hydrogen) atoms. The van der Waals surface area contributed by atoms with Gasteiger partial charge in [-0.2, -0.15) is 0 Å². The van der Waals surface area contributed by atoms with Crippen molar-refractivity contribution in [1.29, 1.82) is 0 Å². The lowest BCUT2D eigenvalue weighted by atomic mass is 10.4. The van der Waals surface area contributed by atoms with Crippen molar-refractivity contribution in [1.82, 2.24) is 9.97 Å². The predicted molar refractivity (Wildman–Crippen MR) is 56.0 cm³/mol. The van der Waals surface area contributed by atoms with Gasteiger partial charge in [-0.3, -0.25) is 4.79 Å². The Labute approximate surface area is 87.3 Å². The Balaban J connectivity index is 2.81. The number of aromatic nitrogens is 2. The minimum Gasteiger partial charge on any atom is -0.369 e. The molecule has 2 N–H and O–H groups in total. The van der Waals surface area contributed by atoms with Crippen LogP contribution in [0.25, 0.3) is 0 Å². The second-order valence-electron chi connectivity index (χ2n) is 3.06. The largest absolute Gasteiger partial charge is 0.369 e. The molecular formula is C9H13N3OS. The number of nitrogens with two attached hydrogens (primary N) is 1. The summed E-state index contributed by atoms with van der Waals surface area (Å²) < 4.78 is 0. The van der Waals surface area contributed by atoms with Crippen LogP contribution in [0.1, 0.15) is 18.4 Å². The summed E-state index contributed by atoms with van der Waals surface area (Å²) >= 11 is 1.35. The van der Waals surface area contributed by atoms with Crippen molar-refractivity contribution in [3.8, 4) is 0 Å². The Bertz CT molecular complexity index is 334. The number of hydrogen-bond acceptors (Lipinski definition) is 4. The van der Waals surface area contributed by atoms with Crippen LogP contribution in [0.15, 0.2) is 11.1 Å². The minimum absolute atomic E-state index is 0.260. The zero-order chi connectivity index (χ0) is 10.7. The van der Waals surface area contributed by atoms with Crippen molar-refractivity contribution < 1.29 is 4.79 Å². The third-order valence-electron chi connectivity index (χ3n) is 1.64. The molecule has 5 heteroatoms. The Morgan fingerprint density at radius 2 is 2.14 bits per heavy atom. The highest BCUT2D eigenvalue weighted by molar-refractivity contribution is 8.00. The van der Waals surface area contributed by atoms with Gasteiger partial charge in [-0.25, -0.2) is 9.97 Å². The second-order valence-corrected chi connectivity index (χ2v) is 4.42. The molecule has 1 heterocycles. The van der Waals surface area contributed by atoms with Gasteiger partial charge in [0.15, 0.2) is 0 Å². The number of rotatable bonds is 3. The number of thioether (sulfide) groups is 1. The topological polar surface area (TPSA) is 68.9 Å². The monoisotopic (exact) mass is 211 g/mol. The minimum atomic E-state index is -0.330. The first-order valence-corrected chi connectivity index (χ1v) is 5.15. The van der Waals surface area contributed by atoms with E-state index in [2.05, 4.69) is 9.97 Å². The number of hydrogen-bond donors (Lipinski definition) is 1. The van der Waals surface area contributed by atoms with E-state index in [1.807, 2.05) is 19.9 Å². The second kappa shape index (κ2) is 4.41. The first-order chi connectivity index (χ1) is 6.49. The molecular weight excluding hydrogens is 198 g/mol. The molecule has 0 saturated heterocycles. The summed E-state index contributed by atoms with van der Waals surface area (Å²) in [6, 6.07) is 1.84. The van der Waals surface area contributed by atoms with E-state index in [1.54, 1.807) is 6.92 Å². The van der Waals surface area contributed by atoms with Crippen LogP contribution in [0.3, 0.4) is 0 Å². The lowest BCUT2D eigenvalue weighted by Gasteiger charge is -2.06. The van der Waals surface area contributed by atoms with Crippen LogP contribution in [0, 0.1) is 13.8 Å². The summed E-state index contributed by atoms with van der Waals surface area (Å²) in [7, 11) is 0. The van der Waals surface area contributed by atoms with E-state index < -0.39 is 0 Å². The van der Waals surface area contributed by atoms with E-state index in [1.165, 1.54) is 11.8 Å². The van der Waals surface area contributed by atoms with Crippen molar-refractivity contribution in [3.05, 3.63) is 17.6 Å². The van der Waals surface area contributed by atoms with E-state index in [0.717, 1.165) is 10.7 Å². The molecule has 1 rings (SSSR count). The number of primary amides is 1. The zero-order valence-electron chi connectivity index (χ0n) is 8.44. The summed E-state index contributed by atoms with van der Waals surface area (Å²) in [5.41, 5.74) is 6.06. The molecule has 0 bridgehead atoms. The van der Waals surface area contributed by atoms with E-state index in [0.29, 0.717) is 5.82 Å². The zero-order valence-corrected chi connectivity index (χ0v) is 9.26. The van der Waals surface area contributed by atoms with E-state index in [9.17, 15) is 4.79 Å². The smallest absolute Gasteiger partial charge is 0.230 e. The van der Waals surface area contributed by atoms with Crippen LogP contribution < -0.4 is 5.73 Å². The van der Waals surface area contributed by atoms with Crippen molar-refractivity contribution in [3.63, 3.8) is 0 Å². The third kappa shape index (κ3) is 2.99. The Morgan fingerprint density at radius 3 is 2.64 bits per heavy atom. The van der Waals surface area contributed by atoms with Gasteiger partial charge in [-0.05, 0) is 26.8 Å². The highest BCUT2D eigenvalue weighted by atomic mass is 32.2. The third-order valence-corrected chi connectivity index (χ3v) is 2.68. The summed E-state index contributed by atoms with van der Waals surface area (Å²) in [4.78, 5) is 19.2. The Kier molecular flexibility index (Phi) is 3.46. The SMILES string of the molecule is Cc1cc(SC(C)C(N)=O)nc(C)n1. The molecule has 1 aromatic rings. The number of nitrogens with zero attached hydrogens (tertiary/aromatic N) is 2. The van der Waals surface area contributed by atoms with Crippen LogP contribution in [0.5, 0.6) is 0 Å². The average molecular weight is 211 g/mol. The van der Waals surface area contributed by atoms with Crippen molar-refractivity contribution in [2.24, 2.45) is 5.73 Å². The normalized spacial score (nSPS) is 12.5. The first-order valence-electron chi connectivity index (χ1n) is 4.27. The molecule has 4 nitrogen and oxygen atoms in total. The van der Waals surface area contributed by atoms with E-state index >= 15 is 0 Å². The van der Waals surface area contributed by atoms with Gasteiger partial charge in [0.05, 0.1) is 5.25 Å². The quantitative estimate of drug-likeness (QED) is 0.599. The number of aryl methyl sites for hydroxylation is 2. The van der Waals surface area contributed by atoms with Gasteiger partial charge in [0, 0.05) is 5.69 Å². The molecule has 1 aromatic heterocycles. The molecule has 0 aromatic carbocycles. The van der Waals surface area contributed by atoms with Crippen LogP contribution >= 0.6 is 11.8 Å². The highest BCUT2D eigenvalue weighted by Crippen LogP contribution is 2.21. The molecule has 0 radical (unpaired) electrons. The molecule has 1 amide bonds. The van der Waals surface area contributed by atoms with Crippen LogP contribution in [0.2, 0.25) is 0 Å². The van der Waals surface area contributed by atoms with Gasteiger partial charge in [0.25, 0.3) is 0 Å². The molecule has 0 aliphatic carbocycles. The lowest BCUT2D eigenvalue weighted by Crippen LogP contribution is -2.22. The fourth-order valence-corrected chi connectivity index (χ4v) is 1.88. The van der Waals surface area contributed by atoms with Crippen LogP contribution in [-0.4, -0.2) is 21.1 Å². The van der Waals surface area contributed by atoms with Crippen molar-refractivity contribution in [2.45, 2.75) is 31.0 Å². The van der Waals surface area contributed by atoms with Gasteiger partial charge in [-0.1, -0.05) is 11.8 Å². The van der Waals surface area contributed by atoms with Crippen molar-refractivity contribution in [2.75, 3.05) is 0 Å². The molecule has 76 valence electrons. The number of carbonyl (C=O) groups is 1. The van der Waals surface area contributed by atoms with Gasteiger partial charge in [0.1, 0.15) is 10.9 Å². The van der Waals surface area contributed by atoms with E-state index in [4.69, 9.17) is 5.73 Å². The first kappa shape index (κ1) is 11.0. The molecule has 0 spiro atoms. The fraction of sp³-hybridized carbons (Fsp3) is 0.444. The van der Waals surface area contributed by atoms with Gasteiger partial charge in [-0.15, -0.1) is 0 Å². The molecule has 0 fully saturated rings. The van der Waals surface area contributed by atoms with Crippen LogP contribution in [-0.2, 0) is 4.79 Å². The highest BCUT2D eigenvalue weighted by Gasteiger charge is 2.11. The van der Waals surface area contributed by atoms with Gasteiger partial charge in [0.2, 0.25) is 5.91 Å². The number of amides is 1. The number of carbonyl (C=O) groups excluding carboxylic acids is 1. The molecule has 0 aliphatic heterocycles. The Hall–Kier alpha value is -1.10. The van der Waals surface area contributed by atoms with Crippen LogP contribution in [0.4, 0.5) is 0 Å². The van der Waals surface area contributed by atoms with Gasteiger partial charge >= 0.3 is 0 Å². The predicted octanol–water partition coefficient (Wildman–Crippen LogP) is 1.06. The Morgan fingerprint density at radius 1 is 1.50 bits per heavy atom. The summed E-state index contributed by atoms with van der Waals surface area (Å²) in [6.45, 7) is 5.49. The maximum absolute atomic E-state index is 10.8. The molecule has 0 aliphatic rings. The molecule has 1 atom stereocenters. The maximum atomic E-state index is 10.8. The van der Waals surface area contributed by atoms with Crippen molar-refractivity contribution >= 4 is 17.7 Å². The summed E-state index contributed by atoms with van der Waals surface area (Å²) in [6.07, 6.45) is 0. The summed E-state index contributed by atoms with van der Waals surface area (Å²) in [5.74, 6) is 0.382. The average Bonchev–Trinajstić information content (AvgIpc) is 2.01. The standard InChI is InChI=1S/C9H13N3OS/c1-5-4-8(12-7(3)11-5)14-6(2)9(10)13/h4,6H,1-3H3,(H2,10,13). The molecule has 1 unspecified atom stereocenters. The fourth-order valence-electron chi connectivity index (χ4n) is 0.983. The molecule has 0 saturated carbocycles.